The Hall–Kier alpha value is -2.31. The first-order chi connectivity index (χ1) is 13.8. The molecule has 0 radical (unpaired) electrons. The fourth-order valence-corrected chi connectivity index (χ4v) is 4.11. The quantitative estimate of drug-likeness (QED) is 0.504. The van der Waals surface area contributed by atoms with E-state index in [-0.39, 0.29) is 11.3 Å². The maximum atomic E-state index is 12.7. The monoisotopic (exact) mass is 428 g/mol. The highest BCUT2D eigenvalue weighted by Gasteiger charge is 2.17. The van der Waals surface area contributed by atoms with Gasteiger partial charge in [-0.15, -0.1) is 10.2 Å². The Balaban J connectivity index is 1.71. The predicted molar refractivity (Wildman–Crippen MR) is 120 cm³/mol. The van der Waals surface area contributed by atoms with Crippen LogP contribution in [0, 0.1) is 0 Å². The third-order valence-corrected chi connectivity index (χ3v) is 5.97. The van der Waals surface area contributed by atoms with E-state index in [9.17, 15) is 4.79 Å². The molecule has 1 heterocycles. The normalized spacial score (nSPS) is 11.5. The number of anilines is 1. The molecule has 0 aliphatic heterocycles. The Morgan fingerprint density at radius 1 is 1.10 bits per heavy atom. The molecule has 152 valence electrons. The summed E-state index contributed by atoms with van der Waals surface area (Å²) in [5.74, 6) is 0.925. The molecule has 1 N–H and O–H groups in total. The van der Waals surface area contributed by atoms with Crippen molar-refractivity contribution < 1.29 is 4.79 Å². The van der Waals surface area contributed by atoms with Gasteiger partial charge in [0.2, 0.25) is 5.95 Å². The molecule has 1 amide bonds. The number of halogens is 1. The van der Waals surface area contributed by atoms with Crippen LogP contribution in [0.2, 0.25) is 5.02 Å². The molecule has 0 aliphatic rings. The molecule has 0 atom stereocenters. The molecule has 0 fully saturated rings. The third-order valence-electron chi connectivity index (χ3n) is 4.59. The summed E-state index contributed by atoms with van der Waals surface area (Å²) in [4.78, 5) is 12.7. The van der Waals surface area contributed by atoms with Crippen LogP contribution in [-0.4, -0.2) is 20.7 Å². The highest BCUT2D eigenvalue weighted by molar-refractivity contribution is 7.98. The SMILES string of the molecule is CCn1c(NC(=O)c2ccc(C(C)(C)C)cc2)nnc1SCc1ccccc1Cl. The molecular weight excluding hydrogens is 404 g/mol. The summed E-state index contributed by atoms with van der Waals surface area (Å²) < 4.78 is 1.89. The van der Waals surface area contributed by atoms with Crippen molar-refractivity contribution in [1.82, 2.24) is 14.8 Å². The molecule has 29 heavy (non-hydrogen) atoms. The number of nitrogens with one attached hydrogen (secondary N) is 1. The highest BCUT2D eigenvalue weighted by Crippen LogP contribution is 2.27. The van der Waals surface area contributed by atoms with Gasteiger partial charge in [-0.25, -0.2) is 0 Å². The van der Waals surface area contributed by atoms with E-state index in [0.29, 0.717) is 23.8 Å². The second-order valence-electron chi connectivity index (χ2n) is 7.71. The summed E-state index contributed by atoms with van der Waals surface area (Å²) in [6.45, 7) is 9.09. The van der Waals surface area contributed by atoms with Crippen LogP contribution < -0.4 is 5.32 Å². The van der Waals surface area contributed by atoms with E-state index in [1.807, 2.05) is 60.0 Å². The maximum Gasteiger partial charge on any atom is 0.258 e. The van der Waals surface area contributed by atoms with Crippen LogP contribution in [0.4, 0.5) is 5.95 Å². The van der Waals surface area contributed by atoms with Crippen molar-refractivity contribution in [3.8, 4) is 0 Å². The van der Waals surface area contributed by atoms with Crippen LogP contribution in [0.3, 0.4) is 0 Å². The van der Waals surface area contributed by atoms with Crippen molar-refractivity contribution in [3.63, 3.8) is 0 Å². The lowest BCUT2D eigenvalue weighted by Crippen LogP contribution is -2.17. The van der Waals surface area contributed by atoms with Crippen molar-refractivity contribution in [2.24, 2.45) is 0 Å². The Morgan fingerprint density at radius 3 is 2.41 bits per heavy atom. The lowest BCUT2D eigenvalue weighted by Gasteiger charge is -2.19. The first-order valence-corrected chi connectivity index (χ1v) is 10.9. The molecule has 0 bridgehead atoms. The van der Waals surface area contributed by atoms with E-state index >= 15 is 0 Å². The van der Waals surface area contributed by atoms with Crippen LogP contribution in [0.1, 0.15) is 49.2 Å². The Kier molecular flexibility index (Phi) is 6.65. The van der Waals surface area contributed by atoms with Crippen molar-refractivity contribution >= 4 is 35.2 Å². The minimum absolute atomic E-state index is 0.0468. The number of nitrogens with zero attached hydrogens (tertiary/aromatic N) is 3. The molecule has 0 saturated carbocycles. The minimum atomic E-state index is -0.199. The van der Waals surface area contributed by atoms with Crippen molar-refractivity contribution in [3.05, 3.63) is 70.2 Å². The first kappa shape index (κ1) is 21.4. The molecule has 0 unspecified atom stereocenters. The molecule has 0 spiro atoms. The number of benzene rings is 2. The number of aromatic nitrogens is 3. The van der Waals surface area contributed by atoms with Gasteiger partial charge in [-0.05, 0) is 41.7 Å². The van der Waals surface area contributed by atoms with Gasteiger partial charge in [0, 0.05) is 22.9 Å². The largest absolute Gasteiger partial charge is 0.290 e. The lowest BCUT2D eigenvalue weighted by atomic mass is 9.87. The van der Waals surface area contributed by atoms with Gasteiger partial charge in [-0.1, -0.05) is 74.5 Å². The summed E-state index contributed by atoms with van der Waals surface area (Å²) in [5, 5.41) is 12.8. The molecule has 3 rings (SSSR count). The molecule has 3 aromatic rings. The first-order valence-electron chi connectivity index (χ1n) is 9.51. The van der Waals surface area contributed by atoms with Crippen LogP contribution in [-0.2, 0) is 17.7 Å². The zero-order valence-corrected chi connectivity index (χ0v) is 18.6. The topological polar surface area (TPSA) is 59.8 Å². The third kappa shape index (κ3) is 5.19. The summed E-state index contributed by atoms with van der Waals surface area (Å²) in [5.41, 5.74) is 2.86. The second kappa shape index (κ2) is 9.01. The van der Waals surface area contributed by atoms with Crippen LogP contribution in [0.15, 0.2) is 53.7 Å². The Labute approximate surface area is 180 Å². The van der Waals surface area contributed by atoms with E-state index in [1.54, 1.807) is 11.8 Å². The number of carbonyl (C=O) groups excluding carboxylic acids is 1. The molecule has 5 nitrogen and oxygen atoms in total. The second-order valence-corrected chi connectivity index (χ2v) is 9.06. The van der Waals surface area contributed by atoms with Crippen molar-refractivity contribution in [2.45, 2.75) is 50.6 Å². The molecule has 7 heteroatoms. The van der Waals surface area contributed by atoms with Crippen LogP contribution in [0.5, 0.6) is 0 Å². The van der Waals surface area contributed by atoms with Gasteiger partial charge in [0.1, 0.15) is 0 Å². The molecule has 2 aromatic carbocycles. The number of amides is 1. The molecule has 0 saturated heterocycles. The zero-order chi connectivity index (χ0) is 21.0. The fourth-order valence-electron chi connectivity index (χ4n) is 2.83. The van der Waals surface area contributed by atoms with Gasteiger partial charge in [0.05, 0.1) is 0 Å². The molecule has 1 aromatic heterocycles. The highest BCUT2D eigenvalue weighted by atomic mass is 35.5. The fraction of sp³-hybridized carbons (Fsp3) is 0.318. The van der Waals surface area contributed by atoms with Gasteiger partial charge in [0.15, 0.2) is 5.16 Å². The average Bonchev–Trinajstić information content (AvgIpc) is 3.08. The van der Waals surface area contributed by atoms with Crippen molar-refractivity contribution in [1.29, 1.82) is 0 Å². The summed E-state index contributed by atoms with van der Waals surface area (Å²) in [6.07, 6.45) is 0. The van der Waals surface area contributed by atoms with E-state index in [4.69, 9.17) is 11.6 Å². The van der Waals surface area contributed by atoms with E-state index in [0.717, 1.165) is 15.7 Å². The van der Waals surface area contributed by atoms with Gasteiger partial charge in [-0.3, -0.25) is 14.7 Å². The average molecular weight is 429 g/mol. The molecule has 0 aliphatic carbocycles. The molecular formula is C22H25ClN4OS. The lowest BCUT2D eigenvalue weighted by molar-refractivity contribution is 0.102. The van der Waals surface area contributed by atoms with E-state index in [2.05, 4.69) is 36.3 Å². The summed E-state index contributed by atoms with van der Waals surface area (Å²) >= 11 is 7.77. The smallest absolute Gasteiger partial charge is 0.258 e. The van der Waals surface area contributed by atoms with E-state index < -0.39 is 0 Å². The minimum Gasteiger partial charge on any atom is -0.290 e. The summed E-state index contributed by atoms with van der Waals surface area (Å²) in [6, 6.07) is 15.4. The number of hydrogen-bond donors (Lipinski definition) is 1. The van der Waals surface area contributed by atoms with E-state index in [1.165, 1.54) is 5.56 Å². The van der Waals surface area contributed by atoms with Gasteiger partial charge >= 0.3 is 0 Å². The predicted octanol–water partition coefficient (Wildman–Crippen LogP) is 5.79. The Bertz CT molecular complexity index is 993. The van der Waals surface area contributed by atoms with Crippen molar-refractivity contribution in [2.75, 3.05) is 5.32 Å². The number of hydrogen-bond acceptors (Lipinski definition) is 4. The standard InChI is InChI=1S/C22H25ClN4OS/c1-5-27-20(24-19(28)15-10-12-17(13-11-15)22(2,3)4)25-26-21(27)29-14-16-8-6-7-9-18(16)23/h6-13H,5,14H2,1-4H3,(H,24,25,28). The maximum absolute atomic E-state index is 12.7. The van der Waals surface area contributed by atoms with Gasteiger partial charge in [-0.2, -0.15) is 0 Å². The summed E-state index contributed by atoms with van der Waals surface area (Å²) in [7, 11) is 0. The zero-order valence-electron chi connectivity index (χ0n) is 17.1. The van der Waals surface area contributed by atoms with Crippen LogP contribution in [0.25, 0.3) is 0 Å². The van der Waals surface area contributed by atoms with Crippen LogP contribution >= 0.6 is 23.4 Å². The number of carbonyl (C=O) groups is 1. The number of rotatable bonds is 6. The number of thioether (sulfide) groups is 1. The van der Waals surface area contributed by atoms with Gasteiger partial charge in [0.25, 0.3) is 5.91 Å². The Morgan fingerprint density at radius 2 is 1.79 bits per heavy atom. The van der Waals surface area contributed by atoms with Gasteiger partial charge < -0.3 is 0 Å².